The molecule has 0 heterocycles. The third-order valence-corrected chi connectivity index (χ3v) is 7.67. The van der Waals surface area contributed by atoms with E-state index < -0.39 is 5.60 Å². The molecular weight excluding hydrogens is 510 g/mol. The predicted molar refractivity (Wildman–Crippen MR) is 168 cm³/mol. The van der Waals surface area contributed by atoms with Crippen molar-refractivity contribution in [2.45, 2.75) is 38.2 Å². The van der Waals surface area contributed by atoms with Crippen LogP contribution in [0.4, 0.5) is 5.69 Å². The maximum Gasteiger partial charge on any atom is 0.0968 e. The summed E-state index contributed by atoms with van der Waals surface area (Å²) in [5, 5.41) is 11.6. The highest BCUT2D eigenvalue weighted by Crippen LogP contribution is 2.46. The van der Waals surface area contributed by atoms with Gasteiger partial charge in [0.1, 0.15) is 0 Å². The number of aliphatic imine (C=N–C) groups is 1. The molecule has 0 bridgehead atoms. The molecule has 0 aliphatic heterocycles. The van der Waals surface area contributed by atoms with Crippen molar-refractivity contribution in [3.63, 3.8) is 0 Å². The van der Waals surface area contributed by atoms with E-state index in [0.717, 1.165) is 39.1 Å². The molecule has 5 aromatic rings. The Labute approximate surface area is 242 Å². The molecule has 0 atom stereocenters. The van der Waals surface area contributed by atoms with E-state index in [1.165, 1.54) is 0 Å². The molecule has 1 N–H and O–H groups in total. The summed E-state index contributed by atoms with van der Waals surface area (Å²) in [6.45, 7) is 5.44. The van der Waals surface area contributed by atoms with Gasteiger partial charge in [0, 0.05) is 22.6 Å². The highest BCUT2D eigenvalue weighted by molar-refractivity contribution is 6.30. The van der Waals surface area contributed by atoms with Gasteiger partial charge >= 0.3 is 0 Å². The number of rotatable bonds is 8. The lowest BCUT2D eigenvalue weighted by Crippen LogP contribution is -2.28. The van der Waals surface area contributed by atoms with Gasteiger partial charge in [-0.3, -0.25) is 4.99 Å². The third kappa shape index (κ3) is 6.09. The van der Waals surface area contributed by atoms with E-state index >= 15 is 0 Å². The summed E-state index contributed by atoms with van der Waals surface area (Å²) in [6, 6.07) is 46.0. The molecule has 0 aliphatic carbocycles. The first-order valence-corrected chi connectivity index (χ1v) is 14.0. The van der Waals surface area contributed by atoms with Gasteiger partial charge < -0.3 is 5.11 Å². The summed E-state index contributed by atoms with van der Waals surface area (Å²) in [6.07, 6.45) is 0. The van der Waals surface area contributed by atoms with Gasteiger partial charge in [0.15, 0.2) is 0 Å². The maximum atomic E-state index is 11.0. The van der Waals surface area contributed by atoms with E-state index in [0.29, 0.717) is 10.7 Å². The summed E-state index contributed by atoms with van der Waals surface area (Å²) in [7, 11) is 0. The van der Waals surface area contributed by atoms with Crippen LogP contribution in [-0.2, 0) is 0 Å². The zero-order valence-electron chi connectivity index (χ0n) is 23.1. The second-order valence-electron chi connectivity index (χ2n) is 10.7. The molecule has 0 saturated carbocycles. The van der Waals surface area contributed by atoms with E-state index in [1.54, 1.807) is 13.8 Å². The van der Waals surface area contributed by atoms with E-state index in [2.05, 4.69) is 97.1 Å². The highest BCUT2D eigenvalue weighted by atomic mass is 35.5. The van der Waals surface area contributed by atoms with Crippen LogP contribution < -0.4 is 0 Å². The number of aliphatic hydroxyl groups is 1. The fourth-order valence-electron chi connectivity index (χ4n) is 5.20. The van der Waals surface area contributed by atoms with E-state index in [-0.39, 0.29) is 11.8 Å². The van der Waals surface area contributed by atoms with Crippen molar-refractivity contribution in [3.05, 3.63) is 172 Å². The molecule has 5 rings (SSSR count). The first kappa shape index (κ1) is 27.6. The molecule has 0 amide bonds. The molecule has 40 heavy (non-hydrogen) atoms. The normalized spacial score (nSPS) is 12.2. The molecule has 0 unspecified atom stereocenters. The van der Waals surface area contributed by atoms with Gasteiger partial charge in [-0.1, -0.05) is 133 Å². The summed E-state index contributed by atoms with van der Waals surface area (Å²) >= 11 is 6.99. The van der Waals surface area contributed by atoms with Crippen LogP contribution in [-0.4, -0.2) is 16.4 Å². The van der Waals surface area contributed by atoms with Crippen LogP contribution in [0.15, 0.2) is 138 Å². The van der Waals surface area contributed by atoms with Crippen LogP contribution >= 0.6 is 11.6 Å². The standard InChI is InChI=1S/C37H34ClNO/c1-26(37(2,3)40)39-36-32(34(27-16-8-4-9-17-27)28-18-10-5-11-19-28)24-31(38)25-33(36)35(29-20-12-6-13-21-29)30-22-14-7-15-23-30/h4-25,34-35,40H,1-3H3. The number of hydrogen-bond donors (Lipinski definition) is 1. The Balaban J connectivity index is 1.88. The van der Waals surface area contributed by atoms with Crippen molar-refractivity contribution in [2.75, 3.05) is 0 Å². The first-order valence-electron chi connectivity index (χ1n) is 13.6. The average molecular weight is 544 g/mol. The van der Waals surface area contributed by atoms with Crippen molar-refractivity contribution >= 4 is 23.0 Å². The third-order valence-electron chi connectivity index (χ3n) is 7.45. The minimum atomic E-state index is -1.09. The van der Waals surface area contributed by atoms with Gasteiger partial charge in [-0.25, -0.2) is 0 Å². The lowest BCUT2D eigenvalue weighted by molar-refractivity contribution is 0.153. The lowest BCUT2D eigenvalue weighted by atomic mass is 9.79. The maximum absolute atomic E-state index is 11.0. The molecule has 2 nitrogen and oxygen atoms in total. The van der Waals surface area contributed by atoms with Crippen molar-refractivity contribution in [3.8, 4) is 0 Å². The summed E-state index contributed by atoms with van der Waals surface area (Å²) in [5.74, 6) is -0.221. The number of hydrogen-bond acceptors (Lipinski definition) is 2. The topological polar surface area (TPSA) is 32.6 Å². The minimum absolute atomic E-state index is 0.111. The Bertz CT molecular complexity index is 1390. The Hall–Kier alpha value is -3.98. The summed E-state index contributed by atoms with van der Waals surface area (Å²) in [4.78, 5) is 5.22. The molecule has 0 spiro atoms. The number of halogens is 1. The molecular formula is C37H34ClNO. The van der Waals surface area contributed by atoms with Crippen LogP contribution in [0.1, 0.15) is 66.0 Å². The highest BCUT2D eigenvalue weighted by Gasteiger charge is 2.28. The molecule has 0 saturated heterocycles. The molecule has 0 fully saturated rings. The van der Waals surface area contributed by atoms with Crippen LogP contribution in [0.2, 0.25) is 5.02 Å². The fraction of sp³-hybridized carbons (Fsp3) is 0.162. The molecule has 3 heteroatoms. The molecule has 5 aromatic carbocycles. The predicted octanol–water partition coefficient (Wildman–Crippen LogP) is 9.56. The van der Waals surface area contributed by atoms with Crippen LogP contribution in [0.3, 0.4) is 0 Å². The van der Waals surface area contributed by atoms with Crippen LogP contribution in [0.25, 0.3) is 0 Å². The van der Waals surface area contributed by atoms with Crippen molar-refractivity contribution in [1.29, 1.82) is 0 Å². The van der Waals surface area contributed by atoms with Gasteiger partial charge in [0.05, 0.1) is 11.3 Å². The molecule has 200 valence electrons. The van der Waals surface area contributed by atoms with Gasteiger partial charge in [-0.15, -0.1) is 0 Å². The van der Waals surface area contributed by atoms with Gasteiger partial charge in [0.25, 0.3) is 0 Å². The van der Waals surface area contributed by atoms with Crippen molar-refractivity contribution in [1.82, 2.24) is 0 Å². The fourth-order valence-corrected chi connectivity index (χ4v) is 5.44. The lowest BCUT2D eigenvalue weighted by Gasteiger charge is -2.28. The largest absolute Gasteiger partial charge is 0.385 e. The van der Waals surface area contributed by atoms with Crippen molar-refractivity contribution < 1.29 is 5.11 Å². The SMILES string of the molecule is CC(=Nc1c(C(c2ccccc2)c2ccccc2)cc(Cl)cc1C(c1ccccc1)c1ccccc1)C(C)(C)O. The van der Waals surface area contributed by atoms with Gasteiger partial charge in [-0.2, -0.15) is 0 Å². The molecule has 0 aliphatic rings. The Morgan fingerprint density at radius 1 is 0.600 bits per heavy atom. The van der Waals surface area contributed by atoms with Crippen LogP contribution in [0, 0.1) is 0 Å². The van der Waals surface area contributed by atoms with E-state index in [4.69, 9.17) is 16.6 Å². The summed E-state index contributed by atoms with van der Waals surface area (Å²) < 4.78 is 0. The van der Waals surface area contributed by atoms with Crippen molar-refractivity contribution in [2.24, 2.45) is 4.99 Å². The number of nitrogens with zero attached hydrogens (tertiary/aromatic N) is 1. The van der Waals surface area contributed by atoms with E-state index in [9.17, 15) is 5.11 Å². The van der Waals surface area contributed by atoms with Gasteiger partial charge in [0.2, 0.25) is 0 Å². The number of benzene rings is 5. The Morgan fingerprint density at radius 2 is 0.900 bits per heavy atom. The monoisotopic (exact) mass is 543 g/mol. The summed E-state index contributed by atoms with van der Waals surface area (Å²) in [5.41, 5.74) is 6.98. The first-order chi connectivity index (χ1) is 19.3. The zero-order valence-corrected chi connectivity index (χ0v) is 23.9. The van der Waals surface area contributed by atoms with E-state index in [1.807, 2.05) is 43.3 Å². The quantitative estimate of drug-likeness (QED) is 0.153. The molecule has 0 radical (unpaired) electrons. The Kier molecular flexibility index (Phi) is 8.30. The minimum Gasteiger partial charge on any atom is -0.385 e. The van der Waals surface area contributed by atoms with Crippen LogP contribution in [0.5, 0.6) is 0 Å². The average Bonchev–Trinajstić information content (AvgIpc) is 2.97. The van der Waals surface area contributed by atoms with Gasteiger partial charge in [-0.05, 0) is 66.3 Å². The zero-order chi connectivity index (χ0) is 28.1. The molecule has 0 aromatic heterocycles. The second kappa shape index (κ2) is 12.0. The smallest absolute Gasteiger partial charge is 0.0968 e. The second-order valence-corrected chi connectivity index (χ2v) is 11.1. The Morgan fingerprint density at radius 3 is 1.18 bits per heavy atom.